The van der Waals surface area contributed by atoms with E-state index in [0.29, 0.717) is 26.3 Å². The molecule has 1 fully saturated rings. The van der Waals surface area contributed by atoms with Gasteiger partial charge in [-0.2, -0.15) is 0 Å². The zero-order chi connectivity index (χ0) is 19.6. The number of rotatable bonds is 7. The molecule has 2 N–H and O–H groups in total. The lowest BCUT2D eigenvalue weighted by atomic mass is 10.0. The number of hydrogen-bond acceptors (Lipinski definition) is 4. The van der Waals surface area contributed by atoms with Crippen molar-refractivity contribution in [3.05, 3.63) is 65.7 Å². The number of guanidine groups is 1. The molecule has 0 bridgehead atoms. The number of halogens is 2. The van der Waals surface area contributed by atoms with E-state index in [1.807, 2.05) is 31.2 Å². The van der Waals surface area contributed by atoms with E-state index in [4.69, 9.17) is 4.74 Å². The van der Waals surface area contributed by atoms with Crippen LogP contribution in [0.4, 0.5) is 4.39 Å². The van der Waals surface area contributed by atoms with Crippen molar-refractivity contribution in [2.24, 2.45) is 4.99 Å². The van der Waals surface area contributed by atoms with Crippen LogP contribution in [0.25, 0.3) is 0 Å². The van der Waals surface area contributed by atoms with Crippen LogP contribution in [0.3, 0.4) is 0 Å². The van der Waals surface area contributed by atoms with Gasteiger partial charge in [0, 0.05) is 32.4 Å². The lowest BCUT2D eigenvalue weighted by Crippen LogP contribution is -2.46. The van der Waals surface area contributed by atoms with Crippen LogP contribution in [0.5, 0.6) is 0 Å². The Morgan fingerprint density at radius 2 is 2.03 bits per heavy atom. The first-order valence-electron chi connectivity index (χ1n) is 9.75. The van der Waals surface area contributed by atoms with Crippen LogP contribution in [0.1, 0.15) is 24.2 Å². The molecule has 0 saturated carbocycles. The Bertz CT molecular complexity index is 756. The Morgan fingerprint density at radius 1 is 1.21 bits per heavy atom. The molecule has 1 aromatic carbocycles. The van der Waals surface area contributed by atoms with Crippen LogP contribution < -0.4 is 10.6 Å². The van der Waals surface area contributed by atoms with Crippen molar-refractivity contribution >= 4 is 29.9 Å². The van der Waals surface area contributed by atoms with Gasteiger partial charge in [0.15, 0.2) is 5.96 Å². The summed E-state index contributed by atoms with van der Waals surface area (Å²) in [5.74, 6) is 0.509. The van der Waals surface area contributed by atoms with Crippen molar-refractivity contribution in [3.63, 3.8) is 0 Å². The second-order valence-corrected chi connectivity index (χ2v) is 6.62. The summed E-state index contributed by atoms with van der Waals surface area (Å²) in [6.45, 7) is 6.95. The maximum absolute atomic E-state index is 13.8. The first-order chi connectivity index (χ1) is 13.8. The number of aromatic nitrogens is 1. The van der Waals surface area contributed by atoms with Gasteiger partial charge in [-0.1, -0.05) is 18.2 Å². The molecule has 29 heavy (non-hydrogen) atoms. The predicted octanol–water partition coefficient (Wildman–Crippen LogP) is 2.97. The molecule has 0 amide bonds. The van der Waals surface area contributed by atoms with Crippen molar-refractivity contribution in [1.82, 2.24) is 20.5 Å². The van der Waals surface area contributed by atoms with Gasteiger partial charge >= 0.3 is 0 Å². The number of hydrogen-bond donors (Lipinski definition) is 2. The molecule has 1 saturated heterocycles. The van der Waals surface area contributed by atoms with E-state index in [1.165, 1.54) is 6.07 Å². The summed E-state index contributed by atoms with van der Waals surface area (Å²) < 4.78 is 19.3. The van der Waals surface area contributed by atoms with E-state index in [1.54, 1.807) is 18.3 Å². The molecule has 1 unspecified atom stereocenters. The van der Waals surface area contributed by atoms with E-state index < -0.39 is 0 Å². The fourth-order valence-electron chi connectivity index (χ4n) is 3.25. The molecule has 158 valence electrons. The van der Waals surface area contributed by atoms with Crippen molar-refractivity contribution in [3.8, 4) is 0 Å². The molecule has 2 aromatic rings. The minimum Gasteiger partial charge on any atom is -0.379 e. The van der Waals surface area contributed by atoms with Gasteiger partial charge in [0.2, 0.25) is 0 Å². The quantitative estimate of drug-likeness (QED) is 0.339. The Balaban J connectivity index is 0.00000300. The highest BCUT2D eigenvalue weighted by Gasteiger charge is 2.23. The largest absolute Gasteiger partial charge is 0.379 e. The average molecular weight is 513 g/mol. The van der Waals surface area contributed by atoms with Crippen molar-refractivity contribution < 1.29 is 9.13 Å². The lowest BCUT2D eigenvalue weighted by molar-refractivity contribution is 0.0169. The summed E-state index contributed by atoms with van der Waals surface area (Å²) in [7, 11) is 0. The zero-order valence-electron chi connectivity index (χ0n) is 16.7. The third kappa shape index (κ3) is 7.52. The van der Waals surface area contributed by atoms with Crippen LogP contribution in [-0.2, 0) is 11.3 Å². The monoisotopic (exact) mass is 513 g/mol. The maximum atomic E-state index is 13.8. The summed E-state index contributed by atoms with van der Waals surface area (Å²) in [4.78, 5) is 11.3. The predicted molar refractivity (Wildman–Crippen MR) is 124 cm³/mol. The number of nitrogens with zero attached hydrogens (tertiary/aromatic N) is 3. The first kappa shape index (κ1) is 23.5. The van der Waals surface area contributed by atoms with Crippen molar-refractivity contribution in [2.75, 3.05) is 39.4 Å². The van der Waals surface area contributed by atoms with Crippen LogP contribution in [-0.4, -0.2) is 55.2 Å². The van der Waals surface area contributed by atoms with Gasteiger partial charge in [0.05, 0.1) is 31.5 Å². The molecule has 1 aromatic heterocycles. The van der Waals surface area contributed by atoms with E-state index in [9.17, 15) is 4.39 Å². The van der Waals surface area contributed by atoms with Gasteiger partial charge < -0.3 is 15.4 Å². The Labute approximate surface area is 189 Å². The average Bonchev–Trinajstić information content (AvgIpc) is 2.74. The summed E-state index contributed by atoms with van der Waals surface area (Å²) in [5.41, 5.74) is 1.87. The third-order valence-electron chi connectivity index (χ3n) is 4.65. The number of morpholine rings is 1. The van der Waals surface area contributed by atoms with Crippen LogP contribution in [0, 0.1) is 5.82 Å². The number of ether oxygens (including phenoxy) is 1. The fraction of sp³-hybridized carbons (Fsp3) is 0.429. The third-order valence-corrected chi connectivity index (χ3v) is 4.65. The minimum absolute atomic E-state index is 0. The Hall–Kier alpha value is -1.78. The van der Waals surface area contributed by atoms with Crippen LogP contribution >= 0.6 is 24.0 Å². The first-order valence-corrected chi connectivity index (χ1v) is 9.75. The number of nitrogens with one attached hydrogen (secondary N) is 2. The van der Waals surface area contributed by atoms with Crippen molar-refractivity contribution in [1.29, 1.82) is 0 Å². The van der Waals surface area contributed by atoms with Gasteiger partial charge in [0.25, 0.3) is 0 Å². The number of pyridine rings is 1. The lowest BCUT2D eigenvalue weighted by Gasteiger charge is -2.35. The van der Waals surface area contributed by atoms with Gasteiger partial charge in [-0.05, 0) is 36.8 Å². The summed E-state index contributed by atoms with van der Waals surface area (Å²) in [6, 6.07) is 12.7. The van der Waals surface area contributed by atoms with Gasteiger partial charge in [-0.3, -0.25) is 9.88 Å². The number of benzene rings is 1. The molecule has 0 radical (unpaired) electrons. The Morgan fingerprint density at radius 3 is 2.72 bits per heavy atom. The molecule has 6 nitrogen and oxygen atoms in total. The molecule has 0 aliphatic carbocycles. The van der Waals surface area contributed by atoms with Gasteiger partial charge in [-0.15, -0.1) is 24.0 Å². The molecule has 1 aliphatic rings. The Kier molecular flexibility index (Phi) is 10.3. The van der Waals surface area contributed by atoms with Crippen LogP contribution in [0.2, 0.25) is 0 Å². The molecule has 8 heteroatoms. The highest BCUT2D eigenvalue weighted by atomic mass is 127. The fourth-order valence-corrected chi connectivity index (χ4v) is 3.25. The maximum Gasteiger partial charge on any atom is 0.191 e. The molecular formula is C21H29FIN5O. The second kappa shape index (κ2) is 12.7. The highest BCUT2D eigenvalue weighted by Crippen LogP contribution is 2.22. The van der Waals surface area contributed by atoms with E-state index in [-0.39, 0.29) is 35.8 Å². The summed E-state index contributed by atoms with van der Waals surface area (Å²) in [5, 5.41) is 6.68. The minimum atomic E-state index is -0.216. The molecule has 0 spiro atoms. The molecular weight excluding hydrogens is 484 g/mol. The SMILES string of the molecule is CCNC(=NCc1ccccn1)NCC(c1cccc(F)c1)N1CCOCC1.I. The topological polar surface area (TPSA) is 61.8 Å². The number of aliphatic imine (C=N–C) groups is 1. The van der Waals surface area contributed by atoms with Crippen LogP contribution in [0.15, 0.2) is 53.7 Å². The molecule has 1 aliphatic heterocycles. The van der Waals surface area contributed by atoms with E-state index >= 15 is 0 Å². The van der Waals surface area contributed by atoms with Gasteiger partial charge in [-0.25, -0.2) is 9.38 Å². The van der Waals surface area contributed by atoms with E-state index in [2.05, 4.69) is 25.5 Å². The molecule has 1 atom stereocenters. The standard InChI is InChI=1S/C21H28FN5O.HI/c1-2-23-21(25-15-19-8-3-4-9-24-19)26-16-20(27-10-12-28-13-11-27)17-6-5-7-18(22)14-17;/h3-9,14,20H,2,10-13,15-16H2,1H3,(H2,23,25,26);1H. The van der Waals surface area contributed by atoms with E-state index in [0.717, 1.165) is 36.9 Å². The summed E-state index contributed by atoms with van der Waals surface area (Å²) >= 11 is 0. The molecule has 2 heterocycles. The normalized spacial score (nSPS) is 16.0. The second-order valence-electron chi connectivity index (χ2n) is 6.62. The highest BCUT2D eigenvalue weighted by molar-refractivity contribution is 14.0. The smallest absolute Gasteiger partial charge is 0.191 e. The molecule has 3 rings (SSSR count). The zero-order valence-corrected chi connectivity index (χ0v) is 19.0. The van der Waals surface area contributed by atoms with Gasteiger partial charge in [0.1, 0.15) is 5.82 Å². The summed E-state index contributed by atoms with van der Waals surface area (Å²) in [6.07, 6.45) is 1.77. The van der Waals surface area contributed by atoms with Crippen molar-refractivity contribution in [2.45, 2.75) is 19.5 Å².